The van der Waals surface area contributed by atoms with Crippen LogP contribution in [0.5, 0.6) is 0 Å². The Bertz CT molecular complexity index is 592. The molecule has 2 rings (SSSR count). The number of hydrogen-bond acceptors (Lipinski definition) is 4. The second-order valence-electron chi connectivity index (χ2n) is 6.33. The first-order valence-corrected chi connectivity index (χ1v) is 6.75. The van der Waals surface area contributed by atoms with Crippen LogP contribution in [0.2, 0.25) is 0 Å². The Morgan fingerprint density at radius 1 is 1.33 bits per heavy atom. The Morgan fingerprint density at radius 3 is 2.52 bits per heavy atom. The number of rotatable bonds is 3. The number of aromatic nitrogens is 1. The van der Waals surface area contributed by atoms with Gasteiger partial charge in [-0.05, 0) is 19.1 Å². The summed E-state index contributed by atoms with van der Waals surface area (Å²) in [5.41, 5.74) is -1.38. The van der Waals surface area contributed by atoms with E-state index in [0.29, 0.717) is 5.69 Å². The fraction of sp³-hybridized carbons (Fsp3) is 0.467. The van der Waals surface area contributed by atoms with E-state index in [2.05, 4.69) is 10.3 Å². The summed E-state index contributed by atoms with van der Waals surface area (Å²) in [5.74, 6) is -0.625. The number of hydrogen-bond donors (Lipinski definition) is 1. The third kappa shape index (κ3) is 2.66. The van der Waals surface area contributed by atoms with Gasteiger partial charge in [0.25, 0.3) is 5.91 Å². The molecule has 1 aliphatic heterocycles. The van der Waals surface area contributed by atoms with Gasteiger partial charge >= 0.3 is 6.03 Å². The molecule has 0 aliphatic carbocycles. The number of pyridine rings is 1. The van der Waals surface area contributed by atoms with Gasteiger partial charge in [-0.3, -0.25) is 19.5 Å². The Labute approximate surface area is 123 Å². The van der Waals surface area contributed by atoms with Crippen molar-refractivity contribution in [3.63, 3.8) is 0 Å². The van der Waals surface area contributed by atoms with Crippen LogP contribution >= 0.6 is 0 Å². The van der Waals surface area contributed by atoms with E-state index in [4.69, 9.17) is 0 Å². The van der Waals surface area contributed by atoms with E-state index in [9.17, 15) is 14.4 Å². The summed E-state index contributed by atoms with van der Waals surface area (Å²) in [7, 11) is 0. The first-order valence-electron chi connectivity index (χ1n) is 6.75. The highest BCUT2D eigenvalue weighted by atomic mass is 16.2. The van der Waals surface area contributed by atoms with E-state index in [1.807, 2.05) is 0 Å². The van der Waals surface area contributed by atoms with Crippen LogP contribution < -0.4 is 5.32 Å². The average molecular weight is 289 g/mol. The van der Waals surface area contributed by atoms with Crippen LogP contribution in [0.25, 0.3) is 0 Å². The lowest BCUT2D eigenvalue weighted by molar-refractivity contribution is -0.136. The largest absolute Gasteiger partial charge is 0.325 e. The predicted octanol–water partition coefficient (Wildman–Crippen LogP) is 1.46. The molecular formula is C15H19N3O3. The van der Waals surface area contributed by atoms with Crippen molar-refractivity contribution in [2.45, 2.75) is 33.2 Å². The minimum Gasteiger partial charge on any atom is -0.318 e. The Kier molecular flexibility index (Phi) is 3.57. The molecule has 0 saturated carbocycles. The topological polar surface area (TPSA) is 79.4 Å². The Balaban J connectivity index is 2.27. The molecule has 1 N–H and O–H groups in total. The quantitative estimate of drug-likeness (QED) is 0.854. The monoisotopic (exact) mass is 289 g/mol. The number of urea groups is 1. The van der Waals surface area contributed by atoms with Crippen molar-refractivity contribution in [1.29, 1.82) is 0 Å². The van der Waals surface area contributed by atoms with Gasteiger partial charge in [-0.25, -0.2) is 4.79 Å². The van der Waals surface area contributed by atoms with Crippen molar-refractivity contribution in [1.82, 2.24) is 15.2 Å². The average Bonchev–Trinajstić information content (AvgIpc) is 2.63. The number of ketones is 1. The van der Waals surface area contributed by atoms with Crippen molar-refractivity contribution < 1.29 is 14.4 Å². The summed E-state index contributed by atoms with van der Waals surface area (Å²) in [6.45, 7) is 6.64. The normalized spacial score (nSPS) is 22.4. The van der Waals surface area contributed by atoms with E-state index < -0.39 is 22.9 Å². The van der Waals surface area contributed by atoms with Crippen LogP contribution in [0.1, 0.15) is 33.4 Å². The second-order valence-corrected chi connectivity index (χ2v) is 6.33. The summed E-state index contributed by atoms with van der Waals surface area (Å²) in [4.78, 5) is 41.8. The van der Waals surface area contributed by atoms with Crippen LogP contribution in [0.4, 0.5) is 4.79 Å². The predicted molar refractivity (Wildman–Crippen MR) is 76.3 cm³/mol. The lowest BCUT2D eigenvalue weighted by Crippen LogP contribution is -2.43. The third-order valence-corrected chi connectivity index (χ3v) is 3.59. The molecule has 0 unspecified atom stereocenters. The van der Waals surface area contributed by atoms with Gasteiger partial charge in [0, 0.05) is 11.6 Å². The Hall–Kier alpha value is -2.24. The fourth-order valence-corrected chi connectivity index (χ4v) is 2.05. The van der Waals surface area contributed by atoms with E-state index in [1.54, 1.807) is 52.1 Å². The number of Topliss-reactive ketones (excluding diaryl/α,β-unsaturated/α-hetero) is 1. The van der Waals surface area contributed by atoms with E-state index in [-0.39, 0.29) is 12.3 Å². The van der Waals surface area contributed by atoms with Crippen LogP contribution in [0.15, 0.2) is 24.4 Å². The van der Waals surface area contributed by atoms with Gasteiger partial charge in [-0.1, -0.05) is 26.8 Å². The number of carbonyl (C=O) groups is 3. The van der Waals surface area contributed by atoms with Crippen molar-refractivity contribution in [3.05, 3.63) is 30.1 Å². The fourth-order valence-electron chi connectivity index (χ4n) is 2.05. The van der Waals surface area contributed by atoms with Gasteiger partial charge in [0.2, 0.25) is 0 Å². The number of amides is 3. The molecular weight excluding hydrogens is 270 g/mol. The van der Waals surface area contributed by atoms with Crippen molar-refractivity contribution >= 4 is 17.7 Å². The van der Waals surface area contributed by atoms with Gasteiger partial charge in [0.05, 0.1) is 12.2 Å². The standard InChI is InChI=1S/C15H19N3O3/c1-14(2,3)11(19)9-18-12(20)15(4,17-13(18)21)10-7-5-6-8-16-10/h5-8H,9H2,1-4H3,(H,17,21)/t15-/m1/s1. The molecule has 0 bridgehead atoms. The smallest absolute Gasteiger partial charge is 0.318 e. The molecule has 6 nitrogen and oxygen atoms in total. The molecule has 3 amide bonds. The minimum atomic E-state index is -1.23. The lowest BCUT2D eigenvalue weighted by atomic mass is 9.90. The number of carbonyl (C=O) groups excluding carboxylic acids is 3. The van der Waals surface area contributed by atoms with Crippen LogP contribution in [0, 0.1) is 5.41 Å². The zero-order chi connectivity index (χ0) is 15.8. The molecule has 0 spiro atoms. The van der Waals surface area contributed by atoms with Gasteiger partial charge in [-0.2, -0.15) is 0 Å². The summed E-state index contributed by atoms with van der Waals surface area (Å²) < 4.78 is 0. The molecule has 1 aromatic heterocycles. The van der Waals surface area contributed by atoms with Gasteiger partial charge < -0.3 is 5.32 Å². The van der Waals surface area contributed by atoms with Gasteiger partial charge in [-0.15, -0.1) is 0 Å². The van der Waals surface area contributed by atoms with E-state index >= 15 is 0 Å². The molecule has 1 fully saturated rings. The zero-order valence-corrected chi connectivity index (χ0v) is 12.6. The molecule has 6 heteroatoms. The SMILES string of the molecule is CC(C)(C)C(=O)CN1C(=O)N[C@](C)(c2ccccn2)C1=O. The molecule has 0 radical (unpaired) electrons. The zero-order valence-electron chi connectivity index (χ0n) is 12.6. The molecule has 2 heterocycles. The van der Waals surface area contributed by atoms with E-state index in [0.717, 1.165) is 4.90 Å². The number of nitrogens with zero attached hydrogens (tertiary/aromatic N) is 2. The summed E-state index contributed by atoms with van der Waals surface area (Å²) in [6, 6.07) is 4.59. The molecule has 1 aromatic rings. The highest BCUT2D eigenvalue weighted by molar-refractivity contribution is 6.09. The number of nitrogens with one attached hydrogen (secondary N) is 1. The Morgan fingerprint density at radius 2 is 2.00 bits per heavy atom. The maximum Gasteiger partial charge on any atom is 0.325 e. The molecule has 1 saturated heterocycles. The summed E-state index contributed by atoms with van der Waals surface area (Å²) in [5, 5.41) is 2.63. The maximum absolute atomic E-state index is 12.6. The number of imide groups is 1. The minimum absolute atomic E-state index is 0.170. The first kappa shape index (κ1) is 15.2. The highest BCUT2D eigenvalue weighted by Gasteiger charge is 2.50. The molecule has 21 heavy (non-hydrogen) atoms. The molecule has 0 aromatic carbocycles. The van der Waals surface area contributed by atoms with Crippen LogP contribution in [-0.4, -0.2) is 34.2 Å². The highest BCUT2D eigenvalue weighted by Crippen LogP contribution is 2.28. The van der Waals surface area contributed by atoms with Crippen LogP contribution in [-0.2, 0) is 15.1 Å². The lowest BCUT2D eigenvalue weighted by Gasteiger charge is -2.22. The van der Waals surface area contributed by atoms with Crippen molar-refractivity contribution in [3.8, 4) is 0 Å². The first-order chi connectivity index (χ1) is 9.66. The van der Waals surface area contributed by atoms with Gasteiger partial charge in [0.1, 0.15) is 0 Å². The van der Waals surface area contributed by atoms with Crippen LogP contribution in [0.3, 0.4) is 0 Å². The molecule has 1 aliphatic rings. The third-order valence-electron chi connectivity index (χ3n) is 3.59. The molecule has 1 atom stereocenters. The summed E-state index contributed by atoms with van der Waals surface area (Å²) >= 11 is 0. The van der Waals surface area contributed by atoms with Crippen molar-refractivity contribution in [2.75, 3.05) is 6.54 Å². The maximum atomic E-state index is 12.6. The van der Waals surface area contributed by atoms with Gasteiger partial charge in [0.15, 0.2) is 11.3 Å². The summed E-state index contributed by atoms with van der Waals surface area (Å²) in [6.07, 6.45) is 1.56. The second kappa shape index (κ2) is 4.95. The van der Waals surface area contributed by atoms with Crippen molar-refractivity contribution in [2.24, 2.45) is 5.41 Å². The van der Waals surface area contributed by atoms with E-state index in [1.165, 1.54) is 0 Å². The molecule has 112 valence electrons.